The van der Waals surface area contributed by atoms with E-state index in [1.807, 2.05) is 0 Å². The van der Waals surface area contributed by atoms with Crippen LogP contribution >= 0.6 is 0 Å². The zero-order chi connectivity index (χ0) is 18.8. The highest BCUT2D eigenvalue weighted by Crippen LogP contribution is 2.28. The quantitative estimate of drug-likeness (QED) is 0.722. The fourth-order valence-corrected chi connectivity index (χ4v) is 3.52. The lowest BCUT2D eigenvalue weighted by molar-refractivity contribution is 0.102. The standard InChI is InChI=1S/C20H22FN5O/c1-2-3-13-25-18(11-12-22-25)23-20(27)19-16-5-4-6-17(16)26(24-19)15-9-7-14(21)8-10-15/h7-12H,2-6,13H2,1H3,(H,23,27). The molecule has 6 nitrogen and oxygen atoms in total. The molecule has 1 aromatic carbocycles. The van der Waals surface area contributed by atoms with Crippen molar-refractivity contribution in [2.75, 3.05) is 5.32 Å². The SMILES string of the molecule is CCCCn1nccc1NC(=O)c1nn(-c2ccc(F)cc2)c2c1CCC2. The van der Waals surface area contributed by atoms with Gasteiger partial charge in [0, 0.05) is 23.9 Å². The normalized spacial score (nSPS) is 13.0. The zero-order valence-corrected chi connectivity index (χ0v) is 15.3. The van der Waals surface area contributed by atoms with Crippen LogP contribution in [0, 0.1) is 5.82 Å². The van der Waals surface area contributed by atoms with E-state index in [0.717, 1.165) is 55.6 Å². The summed E-state index contributed by atoms with van der Waals surface area (Å²) in [6.07, 6.45) is 6.42. The molecule has 7 heteroatoms. The first kappa shape index (κ1) is 17.5. The second-order valence-electron chi connectivity index (χ2n) is 6.76. The van der Waals surface area contributed by atoms with E-state index >= 15 is 0 Å². The van der Waals surface area contributed by atoms with Gasteiger partial charge in [0.15, 0.2) is 5.69 Å². The van der Waals surface area contributed by atoms with E-state index in [4.69, 9.17) is 0 Å². The van der Waals surface area contributed by atoms with E-state index < -0.39 is 0 Å². The lowest BCUT2D eigenvalue weighted by Crippen LogP contribution is -2.18. The molecule has 2 heterocycles. The average molecular weight is 367 g/mol. The first-order valence-corrected chi connectivity index (χ1v) is 9.37. The van der Waals surface area contributed by atoms with Gasteiger partial charge in [-0.15, -0.1) is 0 Å². The monoisotopic (exact) mass is 367 g/mol. The van der Waals surface area contributed by atoms with Gasteiger partial charge in [-0.05, 0) is 49.9 Å². The lowest BCUT2D eigenvalue weighted by atomic mass is 10.2. The van der Waals surface area contributed by atoms with Crippen LogP contribution in [0.1, 0.15) is 47.9 Å². The Balaban J connectivity index is 1.63. The number of rotatable bonds is 6. The van der Waals surface area contributed by atoms with Gasteiger partial charge in [0.25, 0.3) is 5.91 Å². The van der Waals surface area contributed by atoms with Crippen LogP contribution in [0.15, 0.2) is 36.5 Å². The number of fused-ring (bicyclic) bond motifs is 1. The molecule has 0 aliphatic heterocycles. The van der Waals surface area contributed by atoms with Crippen LogP contribution in [-0.4, -0.2) is 25.5 Å². The van der Waals surface area contributed by atoms with Gasteiger partial charge in [0.1, 0.15) is 11.6 Å². The largest absolute Gasteiger partial charge is 0.305 e. The van der Waals surface area contributed by atoms with Crippen molar-refractivity contribution < 1.29 is 9.18 Å². The average Bonchev–Trinajstić information content (AvgIpc) is 3.37. The number of nitrogens with zero attached hydrogens (tertiary/aromatic N) is 4. The van der Waals surface area contributed by atoms with Crippen LogP contribution in [0.5, 0.6) is 0 Å². The van der Waals surface area contributed by atoms with E-state index in [1.165, 1.54) is 12.1 Å². The Morgan fingerprint density at radius 2 is 2.04 bits per heavy atom. The summed E-state index contributed by atoms with van der Waals surface area (Å²) in [5, 5.41) is 11.8. The van der Waals surface area contributed by atoms with Crippen LogP contribution in [0.25, 0.3) is 5.69 Å². The molecule has 0 bridgehead atoms. The Bertz CT molecular complexity index is 957. The number of amides is 1. The maximum absolute atomic E-state index is 13.2. The third kappa shape index (κ3) is 3.37. The molecule has 3 aromatic rings. The van der Waals surface area contributed by atoms with Crippen molar-refractivity contribution in [3.63, 3.8) is 0 Å². The Morgan fingerprint density at radius 1 is 1.22 bits per heavy atom. The molecule has 1 N–H and O–H groups in total. The number of unbranched alkanes of at least 4 members (excludes halogenated alkanes) is 1. The van der Waals surface area contributed by atoms with Crippen molar-refractivity contribution in [1.29, 1.82) is 0 Å². The third-order valence-electron chi connectivity index (χ3n) is 4.90. The molecule has 1 amide bonds. The molecule has 0 saturated heterocycles. The fourth-order valence-electron chi connectivity index (χ4n) is 3.52. The molecule has 2 aromatic heterocycles. The number of halogens is 1. The van der Waals surface area contributed by atoms with Crippen LogP contribution in [0.2, 0.25) is 0 Å². The smallest absolute Gasteiger partial charge is 0.277 e. The zero-order valence-electron chi connectivity index (χ0n) is 15.3. The van der Waals surface area contributed by atoms with E-state index in [9.17, 15) is 9.18 Å². The number of hydrogen-bond donors (Lipinski definition) is 1. The first-order valence-electron chi connectivity index (χ1n) is 9.37. The second-order valence-corrected chi connectivity index (χ2v) is 6.76. The third-order valence-corrected chi connectivity index (χ3v) is 4.90. The molecule has 140 valence electrons. The number of carbonyl (C=O) groups excluding carboxylic acids is 1. The highest BCUT2D eigenvalue weighted by atomic mass is 19.1. The molecular weight excluding hydrogens is 345 g/mol. The van der Waals surface area contributed by atoms with Gasteiger partial charge in [0.2, 0.25) is 0 Å². The van der Waals surface area contributed by atoms with Crippen molar-refractivity contribution in [3.05, 3.63) is 59.3 Å². The van der Waals surface area contributed by atoms with Gasteiger partial charge < -0.3 is 5.32 Å². The van der Waals surface area contributed by atoms with Crippen LogP contribution in [-0.2, 0) is 19.4 Å². The molecule has 0 atom stereocenters. The van der Waals surface area contributed by atoms with E-state index in [-0.39, 0.29) is 11.7 Å². The van der Waals surface area contributed by atoms with Crippen molar-refractivity contribution in [2.24, 2.45) is 0 Å². The summed E-state index contributed by atoms with van der Waals surface area (Å²) in [5.41, 5.74) is 3.22. The number of aryl methyl sites for hydroxylation is 1. The number of nitrogens with one attached hydrogen (secondary N) is 1. The Morgan fingerprint density at radius 3 is 2.81 bits per heavy atom. The molecule has 1 aliphatic rings. The van der Waals surface area contributed by atoms with Gasteiger partial charge in [-0.25, -0.2) is 13.8 Å². The Labute approximate surface area is 157 Å². The van der Waals surface area contributed by atoms with Crippen molar-refractivity contribution >= 4 is 11.7 Å². The Hall–Kier alpha value is -2.96. The summed E-state index contributed by atoms with van der Waals surface area (Å²) in [6, 6.07) is 7.98. The van der Waals surface area contributed by atoms with Gasteiger partial charge in [-0.1, -0.05) is 13.3 Å². The summed E-state index contributed by atoms with van der Waals surface area (Å²) in [5.74, 6) is 0.157. The molecule has 1 aliphatic carbocycles. The molecule has 0 spiro atoms. The predicted octanol–water partition coefficient (Wildman–Crippen LogP) is 3.75. The molecular formula is C20H22FN5O. The summed E-state index contributed by atoms with van der Waals surface area (Å²) >= 11 is 0. The van der Waals surface area contributed by atoms with Crippen molar-refractivity contribution in [2.45, 2.75) is 45.6 Å². The Kier molecular flexibility index (Phi) is 4.75. The van der Waals surface area contributed by atoms with Gasteiger partial charge in [-0.2, -0.15) is 10.2 Å². The van der Waals surface area contributed by atoms with Gasteiger partial charge >= 0.3 is 0 Å². The first-order chi connectivity index (χ1) is 13.2. The number of hydrogen-bond acceptors (Lipinski definition) is 3. The molecule has 0 fully saturated rings. The van der Waals surface area contributed by atoms with Crippen LogP contribution in [0.4, 0.5) is 10.2 Å². The molecule has 0 radical (unpaired) electrons. The molecule has 0 unspecified atom stereocenters. The predicted molar refractivity (Wildman–Crippen MR) is 101 cm³/mol. The number of aromatic nitrogens is 4. The second kappa shape index (κ2) is 7.34. The van der Waals surface area contributed by atoms with E-state index in [0.29, 0.717) is 11.5 Å². The summed E-state index contributed by atoms with van der Waals surface area (Å²) < 4.78 is 16.8. The maximum Gasteiger partial charge on any atom is 0.277 e. The minimum atomic E-state index is -0.291. The summed E-state index contributed by atoms with van der Waals surface area (Å²) in [4.78, 5) is 12.9. The number of anilines is 1. The molecule has 0 saturated carbocycles. The van der Waals surface area contributed by atoms with Crippen LogP contribution < -0.4 is 5.32 Å². The van der Waals surface area contributed by atoms with Crippen molar-refractivity contribution in [1.82, 2.24) is 19.6 Å². The highest BCUT2D eigenvalue weighted by molar-refractivity contribution is 6.03. The highest BCUT2D eigenvalue weighted by Gasteiger charge is 2.27. The van der Waals surface area contributed by atoms with Gasteiger partial charge in [0.05, 0.1) is 11.9 Å². The number of benzene rings is 1. The fraction of sp³-hybridized carbons (Fsp3) is 0.350. The minimum absolute atomic E-state index is 0.229. The van der Waals surface area contributed by atoms with E-state index in [2.05, 4.69) is 22.4 Å². The minimum Gasteiger partial charge on any atom is -0.305 e. The molecule has 27 heavy (non-hydrogen) atoms. The van der Waals surface area contributed by atoms with Crippen LogP contribution in [0.3, 0.4) is 0 Å². The number of carbonyl (C=O) groups is 1. The van der Waals surface area contributed by atoms with Crippen molar-refractivity contribution in [3.8, 4) is 5.69 Å². The summed E-state index contributed by atoms with van der Waals surface area (Å²) in [6.45, 7) is 2.88. The van der Waals surface area contributed by atoms with E-state index in [1.54, 1.807) is 33.8 Å². The lowest BCUT2D eigenvalue weighted by Gasteiger charge is -2.08. The molecule has 4 rings (SSSR count). The summed E-state index contributed by atoms with van der Waals surface area (Å²) in [7, 11) is 0. The maximum atomic E-state index is 13.2. The topological polar surface area (TPSA) is 64.7 Å². The van der Waals surface area contributed by atoms with Gasteiger partial charge in [-0.3, -0.25) is 4.79 Å².